The molecule has 1 aromatic rings. The van der Waals surface area contributed by atoms with E-state index in [1.54, 1.807) is 6.07 Å². The van der Waals surface area contributed by atoms with Gasteiger partial charge in [-0.25, -0.2) is 13.2 Å². The van der Waals surface area contributed by atoms with Crippen molar-refractivity contribution in [3.63, 3.8) is 0 Å². The molecular formula is C15H19NO4S. The van der Waals surface area contributed by atoms with E-state index in [1.165, 1.54) is 12.1 Å². The van der Waals surface area contributed by atoms with Crippen LogP contribution in [0.4, 0.5) is 5.69 Å². The van der Waals surface area contributed by atoms with E-state index in [0.717, 1.165) is 17.4 Å². The second-order valence-electron chi connectivity index (χ2n) is 4.89. The summed E-state index contributed by atoms with van der Waals surface area (Å²) < 4.78 is 25.0. The average Bonchev–Trinajstić information content (AvgIpc) is 2.32. The first-order chi connectivity index (χ1) is 9.64. The highest BCUT2D eigenvalue weighted by Crippen LogP contribution is 2.25. The van der Waals surface area contributed by atoms with E-state index in [0.29, 0.717) is 5.56 Å². The van der Waals surface area contributed by atoms with Crippen molar-refractivity contribution in [1.82, 2.24) is 0 Å². The molecule has 0 saturated heterocycles. The molecule has 0 fully saturated rings. The Morgan fingerprint density at radius 2 is 1.76 bits per heavy atom. The molecule has 0 spiro atoms. The molecule has 5 nitrogen and oxygen atoms in total. The van der Waals surface area contributed by atoms with Crippen molar-refractivity contribution < 1.29 is 18.3 Å². The zero-order valence-corrected chi connectivity index (χ0v) is 13.3. The van der Waals surface area contributed by atoms with Crippen molar-refractivity contribution in [1.29, 1.82) is 0 Å². The van der Waals surface area contributed by atoms with Crippen LogP contribution in [0.2, 0.25) is 0 Å². The van der Waals surface area contributed by atoms with Crippen LogP contribution in [0.1, 0.15) is 36.7 Å². The van der Waals surface area contributed by atoms with E-state index in [9.17, 15) is 18.3 Å². The van der Waals surface area contributed by atoms with Crippen molar-refractivity contribution in [3.05, 3.63) is 47.1 Å². The molecule has 6 heteroatoms. The monoisotopic (exact) mass is 309 g/mol. The predicted molar refractivity (Wildman–Crippen MR) is 84.9 cm³/mol. The Balaban J connectivity index is 3.52. The summed E-state index contributed by atoms with van der Waals surface area (Å²) in [5, 5.41) is 9.17. The van der Waals surface area contributed by atoms with Crippen LogP contribution < -0.4 is 4.72 Å². The Morgan fingerprint density at radius 1 is 1.19 bits per heavy atom. The van der Waals surface area contributed by atoms with Gasteiger partial charge in [0.1, 0.15) is 0 Å². The second kappa shape index (κ2) is 6.58. The number of carboxylic acid groups (broad SMARTS) is 1. The summed E-state index contributed by atoms with van der Waals surface area (Å²) in [5.74, 6) is -1.11. The molecule has 1 rings (SSSR count). The molecule has 0 amide bonds. The first-order valence-electron chi connectivity index (χ1n) is 6.30. The summed E-state index contributed by atoms with van der Waals surface area (Å²) >= 11 is 0. The Bertz CT molecular complexity index is 711. The predicted octanol–water partition coefficient (Wildman–Crippen LogP) is 3.13. The van der Waals surface area contributed by atoms with Gasteiger partial charge in [0.25, 0.3) is 0 Å². The molecule has 0 aliphatic heterocycles. The summed E-state index contributed by atoms with van der Waals surface area (Å²) in [5.41, 5.74) is 2.77. The number of rotatable bonds is 5. The van der Waals surface area contributed by atoms with Gasteiger partial charge < -0.3 is 5.11 Å². The minimum Gasteiger partial charge on any atom is -0.478 e. The van der Waals surface area contributed by atoms with Crippen LogP contribution >= 0.6 is 0 Å². The lowest BCUT2D eigenvalue weighted by molar-refractivity contribution is 0.0697. The van der Waals surface area contributed by atoms with Gasteiger partial charge in [0.2, 0.25) is 10.0 Å². The number of carboxylic acids is 1. The SMILES string of the molecule is C/C=C\C(=C(C)C)c1cc(NS(C)(=O)=O)cc(C(=O)O)c1. The van der Waals surface area contributed by atoms with Gasteiger partial charge in [0.05, 0.1) is 11.8 Å². The highest BCUT2D eigenvalue weighted by molar-refractivity contribution is 7.92. The number of anilines is 1. The van der Waals surface area contributed by atoms with E-state index in [-0.39, 0.29) is 11.3 Å². The molecule has 1 aromatic carbocycles. The maximum atomic E-state index is 11.3. The first kappa shape index (κ1) is 17.0. The molecule has 0 heterocycles. The third kappa shape index (κ3) is 5.07. The summed E-state index contributed by atoms with van der Waals surface area (Å²) in [6.45, 7) is 5.68. The van der Waals surface area contributed by atoms with Crippen LogP contribution in [0, 0.1) is 0 Å². The van der Waals surface area contributed by atoms with Crippen LogP contribution in [-0.4, -0.2) is 25.7 Å². The van der Waals surface area contributed by atoms with Crippen LogP contribution in [-0.2, 0) is 10.0 Å². The highest BCUT2D eigenvalue weighted by atomic mass is 32.2. The number of aromatic carboxylic acids is 1. The fourth-order valence-electron chi connectivity index (χ4n) is 1.90. The topological polar surface area (TPSA) is 83.5 Å². The molecule has 0 atom stereocenters. The van der Waals surface area contributed by atoms with Crippen LogP contribution in [0.3, 0.4) is 0 Å². The smallest absolute Gasteiger partial charge is 0.335 e. The number of sulfonamides is 1. The molecule has 0 unspecified atom stereocenters. The van der Waals surface area contributed by atoms with Crippen LogP contribution in [0.15, 0.2) is 35.9 Å². The van der Waals surface area contributed by atoms with E-state index in [4.69, 9.17) is 0 Å². The van der Waals surface area contributed by atoms with Gasteiger partial charge in [-0.15, -0.1) is 0 Å². The van der Waals surface area contributed by atoms with Gasteiger partial charge in [0, 0.05) is 5.69 Å². The minimum absolute atomic E-state index is 0.0295. The molecule has 0 radical (unpaired) electrons. The van der Waals surface area contributed by atoms with Gasteiger partial charge in [0.15, 0.2) is 0 Å². The molecule has 21 heavy (non-hydrogen) atoms. The van der Waals surface area contributed by atoms with Crippen molar-refractivity contribution in [2.75, 3.05) is 11.0 Å². The molecule has 114 valence electrons. The maximum absolute atomic E-state index is 11.3. The summed E-state index contributed by atoms with van der Waals surface area (Å²) in [7, 11) is -3.47. The lowest BCUT2D eigenvalue weighted by Gasteiger charge is -2.11. The average molecular weight is 309 g/mol. The molecule has 0 aromatic heterocycles. The first-order valence-corrected chi connectivity index (χ1v) is 8.20. The lowest BCUT2D eigenvalue weighted by atomic mass is 9.98. The zero-order valence-electron chi connectivity index (χ0n) is 12.5. The van der Waals surface area contributed by atoms with E-state index >= 15 is 0 Å². The third-order valence-corrected chi connectivity index (χ3v) is 3.27. The summed E-state index contributed by atoms with van der Waals surface area (Å²) in [4.78, 5) is 11.2. The van der Waals surface area contributed by atoms with Gasteiger partial charge in [-0.1, -0.05) is 17.7 Å². The largest absolute Gasteiger partial charge is 0.478 e. The van der Waals surface area contributed by atoms with E-state index < -0.39 is 16.0 Å². The number of nitrogens with one attached hydrogen (secondary N) is 1. The zero-order chi connectivity index (χ0) is 16.2. The number of hydrogen-bond acceptors (Lipinski definition) is 3. The fourth-order valence-corrected chi connectivity index (χ4v) is 2.44. The minimum atomic E-state index is -3.47. The standard InChI is InChI=1S/C15H19NO4S/c1-5-6-14(10(2)3)11-7-12(15(17)18)9-13(8-11)16-21(4,19)20/h5-9,16H,1-4H3,(H,17,18)/b6-5-. The van der Waals surface area contributed by atoms with Crippen molar-refractivity contribution in [3.8, 4) is 0 Å². The number of hydrogen-bond donors (Lipinski definition) is 2. The molecule has 2 N–H and O–H groups in total. The van der Waals surface area contributed by atoms with Gasteiger partial charge >= 0.3 is 5.97 Å². The molecular weight excluding hydrogens is 290 g/mol. The Morgan fingerprint density at radius 3 is 2.19 bits per heavy atom. The molecule has 0 aliphatic carbocycles. The van der Waals surface area contributed by atoms with Crippen molar-refractivity contribution in [2.24, 2.45) is 0 Å². The van der Waals surface area contributed by atoms with Crippen molar-refractivity contribution >= 4 is 27.3 Å². The third-order valence-electron chi connectivity index (χ3n) is 2.67. The Labute approximate surface area is 125 Å². The number of carbonyl (C=O) groups is 1. The van der Waals surface area contributed by atoms with E-state index in [2.05, 4.69) is 4.72 Å². The highest BCUT2D eigenvalue weighted by Gasteiger charge is 2.11. The lowest BCUT2D eigenvalue weighted by Crippen LogP contribution is -2.11. The number of allylic oxidation sites excluding steroid dienone is 4. The van der Waals surface area contributed by atoms with Gasteiger partial charge in [-0.05, 0) is 50.1 Å². The van der Waals surface area contributed by atoms with Crippen LogP contribution in [0.5, 0.6) is 0 Å². The quantitative estimate of drug-likeness (QED) is 0.819. The number of benzene rings is 1. The Hall–Kier alpha value is -2.08. The normalized spacial score (nSPS) is 11.4. The summed E-state index contributed by atoms with van der Waals surface area (Å²) in [6, 6.07) is 4.44. The summed E-state index contributed by atoms with van der Waals surface area (Å²) in [6.07, 6.45) is 4.73. The van der Waals surface area contributed by atoms with Gasteiger partial charge in [-0.2, -0.15) is 0 Å². The van der Waals surface area contributed by atoms with Crippen LogP contribution in [0.25, 0.3) is 5.57 Å². The fraction of sp³-hybridized carbons (Fsp3) is 0.267. The Kier molecular flexibility index (Phi) is 5.32. The van der Waals surface area contributed by atoms with E-state index in [1.807, 2.05) is 32.9 Å². The molecule has 0 bridgehead atoms. The maximum Gasteiger partial charge on any atom is 0.335 e. The van der Waals surface area contributed by atoms with Crippen molar-refractivity contribution in [2.45, 2.75) is 20.8 Å². The second-order valence-corrected chi connectivity index (χ2v) is 6.64. The molecule has 0 saturated carbocycles. The molecule has 0 aliphatic rings. The van der Waals surface area contributed by atoms with Gasteiger partial charge in [-0.3, -0.25) is 4.72 Å².